The number of benzene rings is 1. The number of furan rings is 1. The number of hydrogen-bond donors (Lipinski definition) is 2. The van der Waals surface area contributed by atoms with Gasteiger partial charge in [0.15, 0.2) is 0 Å². The number of carbonyl (C=O) groups excluding carboxylic acids is 1. The molecule has 0 saturated heterocycles. The molecule has 21 heavy (non-hydrogen) atoms. The Bertz CT molecular complexity index is 655. The minimum absolute atomic E-state index is 0.0943. The average molecular weight is 287 g/mol. The van der Waals surface area contributed by atoms with Crippen molar-refractivity contribution in [1.82, 2.24) is 5.32 Å². The maximum absolute atomic E-state index is 12.5. The van der Waals surface area contributed by atoms with E-state index in [0.717, 1.165) is 30.4 Å². The van der Waals surface area contributed by atoms with Crippen LogP contribution < -0.4 is 5.32 Å². The van der Waals surface area contributed by atoms with Gasteiger partial charge in [-0.1, -0.05) is 19.1 Å². The van der Waals surface area contributed by atoms with Crippen LogP contribution in [0.3, 0.4) is 0 Å². The van der Waals surface area contributed by atoms with Gasteiger partial charge in [-0.05, 0) is 44.2 Å². The number of aryl methyl sites for hydroxylation is 1. The van der Waals surface area contributed by atoms with E-state index in [4.69, 9.17) is 4.42 Å². The van der Waals surface area contributed by atoms with E-state index >= 15 is 0 Å². The zero-order valence-corrected chi connectivity index (χ0v) is 12.4. The first-order valence-electron chi connectivity index (χ1n) is 7.56. The van der Waals surface area contributed by atoms with Gasteiger partial charge in [-0.25, -0.2) is 0 Å². The number of aliphatic hydroxyl groups is 1. The van der Waals surface area contributed by atoms with Gasteiger partial charge in [-0.3, -0.25) is 4.79 Å². The van der Waals surface area contributed by atoms with Crippen molar-refractivity contribution >= 4 is 16.9 Å². The third-order valence-electron chi connectivity index (χ3n) is 4.39. The monoisotopic (exact) mass is 287 g/mol. The molecule has 1 saturated carbocycles. The zero-order chi connectivity index (χ0) is 15.0. The van der Waals surface area contributed by atoms with Crippen molar-refractivity contribution in [3.05, 3.63) is 35.6 Å². The minimum Gasteiger partial charge on any atom is -0.461 e. The number of aliphatic hydroxyl groups excluding tert-OH is 1. The van der Waals surface area contributed by atoms with E-state index in [9.17, 15) is 9.90 Å². The number of amides is 1. The van der Waals surface area contributed by atoms with E-state index in [1.807, 2.05) is 25.1 Å². The summed E-state index contributed by atoms with van der Waals surface area (Å²) < 4.78 is 5.65. The number of para-hydroxylation sites is 1. The summed E-state index contributed by atoms with van der Waals surface area (Å²) in [6.45, 7) is 3.94. The van der Waals surface area contributed by atoms with Gasteiger partial charge in [-0.2, -0.15) is 0 Å². The molecule has 4 nitrogen and oxygen atoms in total. The molecule has 1 atom stereocenters. The second-order valence-corrected chi connectivity index (χ2v) is 5.95. The fourth-order valence-electron chi connectivity index (χ4n) is 3.13. The Balaban J connectivity index is 1.80. The van der Waals surface area contributed by atoms with Crippen LogP contribution in [0, 0.1) is 12.8 Å². The Kier molecular flexibility index (Phi) is 3.72. The third kappa shape index (κ3) is 2.68. The van der Waals surface area contributed by atoms with Gasteiger partial charge in [-0.15, -0.1) is 0 Å². The second-order valence-electron chi connectivity index (χ2n) is 5.95. The first-order chi connectivity index (χ1) is 10.1. The highest BCUT2D eigenvalue weighted by atomic mass is 16.3. The zero-order valence-electron chi connectivity index (χ0n) is 12.4. The van der Waals surface area contributed by atoms with E-state index in [1.54, 1.807) is 6.07 Å². The van der Waals surface area contributed by atoms with Gasteiger partial charge in [0.05, 0.1) is 11.7 Å². The summed E-state index contributed by atoms with van der Waals surface area (Å²) in [5, 5.41) is 13.5. The Morgan fingerprint density at radius 3 is 2.90 bits per heavy atom. The topological polar surface area (TPSA) is 62.5 Å². The minimum atomic E-state index is -0.197. The highest BCUT2D eigenvalue weighted by molar-refractivity contribution is 6.05. The average Bonchev–Trinajstić information content (AvgIpc) is 2.81. The van der Waals surface area contributed by atoms with Crippen LogP contribution >= 0.6 is 0 Å². The summed E-state index contributed by atoms with van der Waals surface area (Å²) in [6.07, 6.45) is 2.24. The van der Waals surface area contributed by atoms with Gasteiger partial charge < -0.3 is 14.8 Å². The van der Waals surface area contributed by atoms with Crippen LogP contribution in [0.25, 0.3) is 11.0 Å². The molecule has 4 heteroatoms. The molecule has 0 radical (unpaired) electrons. The molecule has 1 aliphatic carbocycles. The van der Waals surface area contributed by atoms with Crippen molar-refractivity contribution in [2.45, 2.75) is 45.3 Å². The van der Waals surface area contributed by atoms with Gasteiger partial charge in [0.25, 0.3) is 5.91 Å². The Hall–Kier alpha value is -1.81. The molecular weight excluding hydrogens is 266 g/mol. The van der Waals surface area contributed by atoms with Crippen molar-refractivity contribution in [3.8, 4) is 0 Å². The molecule has 1 aliphatic rings. The maximum atomic E-state index is 12.5. The molecular formula is C17H21NO3. The largest absolute Gasteiger partial charge is 0.461 e. The van der Waals surface area contributed by atoms with Crippen LogP contribution in [0.1, 0.15) is 42.3 Å². The highest BCUT2D eigenvalue weighted by Gasteiger charge is 2.34. The molecule has 0 bridgehead atoms. The van der Waals surface area contributed by atoms with Gasteiger partial charge in [0, 0.05) is 11.4 Å². The maximum Gasteiger partial charge on any atom is 0.255 e. The quantitative estimate of drug-likeness (QED) is 0.908. The molecule has 112 valence electrons. The van der Waals surface area contributed by atoms with Crippen LogP contribution in [-0.4, -0.2) is 23.2 Å². The standard InChI is InChI=1S/C17H21NO3/c1-3-15(12-8-13(19)9-12)18-17(20)14-6-4-5-11-7-10(2)21-16(11)14/h4-7,12-13,15,19H,3,8-9H2,1-2H3,(H,18,20)/t12?,13?,15-/m0/s1. The summed E-state index contributed by atoms with van der Waals surface area (Å²) in [6, 6.07) is 7.67. The van der Waals surface area contributed by atoms with Crippen LogP contribution in [0.15, 0.2) is 28.7 Å². The van der Waals surface area contributed by atoms with Crippen LogP contribution in [-0.2, 0) is 0 Å². The van der Waals surface area contributed by atoms with E-state index in [2.05, 4.69) is 12.2 Å². The van der Waals surface area contributed by atoms with E-state index in [0.29, 0.717) is 17.1 Å². The van der Waals surface area contributed by atoms with Gasteiger partial charge in [0.1, 0.15) is 11.3 Å². The predicted molar refractivity (Wildman–Crippen MR) is 81.2 cm³/mol. The van der Waals surface area contributed by atoms with Crippen molar-refractivity contribution in [2.24, 2.45) is 5.92 Å². The molecule has 0 spiro atoms. The lowest BCUT2D eigenvalue weighted by atomic mass is 9.76. The number of rotatable bonds is 4. The number of fused-ring (bicyclic) bond motifs is 1. The van der Waals surface area contributed by atoms with Crippen molar-refractivity contribution < 1.29 is 14.3 Å². The molecule has 1 amide bonds. The van der Waals surface area contributed by atoms with Crippen molar-refractivity contribution in [3.63, 3.8) is 0 Å². The lowest BCUT2D eigenvalue weighted by molar-refractivity contribution is 0.0232. The molecule has 0 unspecified atom stereocenters. The number of hydrogen-bond acceptors (Lipinski definition) is 3. The Labute approximate surface area is 124 Å². The normalized spacial score (nSPS) is 22.8. The van der Waals surface area contributed by atoms with Crippen molar-refractivity contribution in [2.75, 3.05) is 0 Å². The number of nitrogens with one attached hydrogen (secondary N) is 1. The van der Waals surface area contributed by atoms with E-state index in [-0.39, 0.29) is 18.1 Å². The summed E-state index contributed by atoms with van der Waals surface area (Å²) in [5.41, 5.74) is 1.23. The Morgan fingerprint density at radius 1 is 1.48 bits per heavy atom. The van der Waals surface area contributed by atoms with Crippen LogP contribution in [0.4, 0.5) is 0 Å². The summed E-state index contributed by atoms with van der Waals surface area (Å²) in [4.78, 5) is 12.5. The van der Waals surface area contributed by atoms with E-state index < -0.39 is 0 Å². The molecule has 1 heterocycles. The fraction of sp³-hybridized carbons (Fsp3) is 0.471. The lowest BCUT2D eigenvalue weighted by Gasteiger charge is -2.37. The molecule has 0 aliphatic heterocycles. The fourth-order valence-corrected chi connectivity index (χ4v) is 3.13. The molecule has 1 aromatic heterocycles. The van der Waals surface area contributed by atoms with E-state index in [1.165, 1.54) is 0 Å². The summed E-state index contributed by atoms with van der Waals surface area (Å²) in [5.74, 6) is 1.09. The van der Waals surface area contributed by atoms with Gasteiger partial charge in [0.2, 0.25) is 0 Å². The second kappa shape index (κ2) is 5.53. The number of carbonyl (C=O) groups is 1. The molecule has 1 aromatic carbocycles. The summed E-state index contributed by atoms with van der Waals surface area (Å²) in [7, 11) is 0. The predicted octanol–water partition coefficient (Wildman–Crippen LogP) is 3.02. The molecule has 2 aromatic rings. The van der Waals surface area contributed by atoms with Crippen molar-refractivity contribution in [1.29, 1.82) is 0 Å². The first kappa shape index (κ1) is 14.1. The smallest absolute Gasteiger partial charge is 0.255 e. The third-order valence-corrected chi connectivity index (χ3v) is 4.39. The Morgan fingerprint density at radius 2 is 2.24 bits per heavy atom. The van der Waals surface area contributed by atoms with Crippen LogP contribution in [0.2, 0.25) is 0 Å². The summed E-state index contributed by atoms with van der Waals surface area (Å²) >= 11 is 0. The van der Waals surface area contributed by atoms with Crippen LogP contribution in [0.5, 0.6) is 0 Å². The first-order valence-corrected chi connectivity index (χ1v) is 7.56. The molecule has 2 N–H and O–H groups in total. The SMILES string of the molecule is CC[C@H](NC(=O)c1cccc2cc(C)oc12)C1CC(O)C1. The molecule has 3 rings (SSSR count). The highest BCUT2D eigenvalue weighted by Crippen LogP contribution is 2.32. The van der Waals surface area contributed by atoms with Gasteiger partial charge >= 0.3 is 0 Å². The molecule has 1 fully saturated rings. The lowest BCUT2D eigenvalue weighted by Crippen LogP contribution is -2.46.